The van der Waals surface area contributed by atoms with Crippen LogP contribution < -0.4 is 14.9 Å². The minimum atomic E-state index is -3.40. The van der Waals surface area contributed by atoms with Gasteiger partial charge < -0.3 is 15.1 Å². The highest BCUT2D eigenvalue weighted by molar-refractivity contribution is 7.92. The third-order valence-electron chi connectivity index (χ3n) is 5.20. The Balaban J connectivity index is 1.69. The zero-order valence-electron chi connectivity index (χ0n) is 17.8. The molecular weight excluding hydrogens is 400 g/mol. The van der Waals surface area contributed by atoms with Crippen LogP contribution in [0.5, 0.6) is 0 Å². The van der Waals surface area contributed by atoms with Gasteiger partial charge in [-0.2, -0.15) is 0 Å². The lowest BCUT2D eigenvalue weighted by atomic mass is 10.1. The molecule has 0 unspecified atom stereocenters. The maximum atomic E-state index is 12.7. The maximum Gasteiger partial charge on any atom is 0.255 e. The number of nitrogens with one attached hydrogen (secondary N) is 2. The van der Waals surface area contributed by atoms with Gasteiger partial charge in [0.1, 0.15) is 0 Å². The van der Waals surface area contributed by atoms with Crippen LogP contribution in [-0.4, -0.2) is 58.2 Å². The molecule has 1 aliphatic rings. The average molecular weight is 431 g/mol. The second-order valence-electron chi connectivity index (χ2n) is 7.75. The van der Waals surface area contributed by atoms with Crippen LogP contribution in [-0.2, 0) is 10.0 Å². The van der Waals surface area contributed by atoms with E-state index >= 15 is 0 Å². The maximum absolute atomic E-state index is 12.7. The summed E-state index contributed by atoms with van der Waals surface area (Å²) in [6, 6.07) is 12.6. The minimum absolute atomic E-state index is 0.0439. The van der Waals surface area contributed by atoms with Crippen LogP contribution in [0, 0.1) is 6.92 Å². The minimum Gasteiger partial charge on any atom is -0.369 e. The molecule has 7 nitrogen and oxygen atoms in total. The Kier molecular flexibility index (Phi) is 6.99. The molecule has 0 saturated carbocycles. The number of likely N-dealkylation sites (N-methyl/N-ethyl adjacent to an activating group) is 1. The van der Waals surface area contributed by atoms with Crippen molar-refractivity contribution in [3.05, 3.63) is 53.6 Å². The molecule has 1 fully saturated rings. The number of nitrogens with zero attached hydrogens (tertiary/aromatic N) is 2. The Morgan fingerprint density at radius 2 is 1.80 bits per heavy atom. The molecule has 0 atom stereocenters. The number of hydrogen-bond donors (Lipinski definition) is 2. The molecule has 3 rings (SSSR count). The molecule has 2 aromatic rings. The molecule has 1 saturated heterocycles. The van der Waals surface area contributed by atoms with Crippen molar-refractivity contribution >= 4 is 33.0 Å². The van der Waals surface area contributed by atoms with Gasteiger partial charge in [-0.15, -0.1) is 0 Å². The number of rotatable bonds is 7. The SMILES string of the molecule is CCCS(=O)(=O)Nc1cccc(C(=O)Nc2ccc(N3CCN(C)CC3)cc2C)c1. The summed E-state index contributed by atoms with van der Waals surface area (Å²) in [6.45, 7) is 7.83. The van der Waals surface area contributed by atoms with Gasteiger partial charge in [0.15, 0.2) is 0 Å². The largest absolute Gasteiger partial charge is 0.369 e. The first-order chi connectivity index (χ1) is 14.3. The van der Waals surface area contributed by atoms with Crippen molar-refractivity contribution in [3.63, 3.8) is 0 Å². The van der Waals surface area contributed by atoms with E-state index in [1.165, 1.54) is 0 Å². The fourth-order valence-corrected chi connectivity index (χ4v) is 4.59. The van der Waals surface area contributed by atoms with E-state index in [0.717, 1.165) is 43.1 Å². The van der Waals surface area contributed by atoms with Crippen LogP contribution in [0.3, 0.4) is 0 Å². The summed E-state index contributed by atoms with van der Waals surface area (Å²) in [5, 5.41) is 2.94. The quantitative estimate of drug-likeness (QED) is 0.705. The zero-order chi connectivity index (χ0) is 21.7. The number of anilines is 3. The van der Waals surface area contributed by atoms with Gasteiger partial charge in [-0.3, -0.25) is 9.52 Å². The van der Waals surface area contributed by atoms with Gasteiger partial charge in [-0.25, -0.2) is 8.42 Å². The van der Waals surface area contributed by atoms with E-state index in [4.69, 9.17) is 0 Å². The van der Waals surface area contributed by atoms with Crippen molar-refractivity contribution < 1.29 is 13.2 Å². The number of hydrogen-bond acceptors (Lipinski definition) is 5. The van der Waals surface area contributed by atoms with Crippen LogP contribution >= 0.6 is 0 Å². The van der Waals surface area contributed by atoms with Gasteiger partial charge in [-0.1, -0.05) is 13.0 Å². The Morgan fingerprint density at radius 3 is 2.47 bits per heavy atom. The van der Waals surface area contributed by atoms with Gasteiger partial charge in [0, 0.05) is 48.8 Å². The van der Waals surface area contributed by atoms with Crippen molar-refractivity contribution in [1.29, 1.82) is 0 Å². The summed E-state index contributed by atoms with van der Waals surface area (Å²) in [7, 11) is -1.27. The predicted octanol–water partition coefficient (Wildman–Crippen LogP) is 3.15. The highest BCUT2D eigenvalue weighted by Gasteiger charge is 2.16. The first-order valence-electron chi connectivity index (χ1n) is 10.2. The zero-order valence-corrected chi connectivity index (χ0v) is 18.6. The number of sulfonamides is 1. The number of aryl methyl sites for hydroxylation is 1. The predicted molar refractivity (Wildman–Crippen MR) is 123 cm³/mol. The Morgan fingerprint density at radius 1 is 1.07 bits per heavy atom. The van der Waals surface area contributed by atoms with Crippen molar-refractivity contribution in [1.82, 2.24) is 4.90 Å². The van der Waals surface area contributed by atoms with Crippen LogP contribution in [0.25, 0.3) is 0 Å². The number of amides is 1. The molecule has 1 aliphatic heterocycles. The van der Waals surface area contributed by atoms with Crippen LogP contribution in [0.4, 0.5) is 17.1 Å². The summed E-state index contributed by atoms with van der Waals surface area (Å²) in [4.78, 5) is 17.4. The smallest absolute Gasteiger partial charge is 0.255 e. The summed E-state index contributed by atoms with van der Waals surface area (Å²) < 4.78 is 26.5. The van der Waals surface area contributed by atoms with Crippen LogP contribution in [0.1, 0.15) is 29.3 Å². The molecule has 0 radical (unpaired) electrons. The summed E-state index contributed by atoms with van der Waals surface area (Å²) in [6.07, 6.45) is 0.527. The van der Waals surface area contributed by atoms with Crippen LogP contribution in [0.15, 0.2) is 42.5 Å². The van der Waals surface area contributed by atoms with E-state index in [-0.39, 0.29) is 11.7 Å². The van der Waals surface area contributed by atoms with E-state index in [2.05, 4.69) is 33.0 Å². The number of benzene rings is 2. The highest BCUT2D eigenvalue weighted by atomic mass is 32.2. The van der Waals surface area contributed by atoms with Crippen molar-refractivity contribution in [2.75, 3.05) is 53.9 Å². The lowest BCUT2D eigenvalue weighted by Gasteiger charge is -2.34. The van der Waals surface area contributed by atoms with Crippen LogP contribution in [0.2, 0.25) is 0 Å². The van der Waals surface area contributed by atoms with Gasteiger partial charge >= 0.3 is 0 Å². The summed E-state index contributed by atoms with van der Waals surface area (Å²) >= 11 is 0. The second kappa shape index (κ2) is 9.49. The molecule has 2 aromatic carbocycles. The Bertz CT molecular complexity index is 999. The first kappa shape index (κ1) is 22.1. The van der Waals surface area contributed by atoms with Gasteiger partial charge in [0.25, 0.3) is 5.91 Å². The topological polar surface area (TPSA) is 81.7 Å². The fraction of sp³-hybridized carbons (Fsp3) is 0.409. The molecular formula is C22H30N4O3S. The van der Waals surface area contributed by atoms with E-state index in [1.54, 1.807) is 31.2 Å². The summed E-state index contributed by atoms with van der Waals surface area (Å²) in [5.41, 5.74) is 3.67. The standard InChI is InChI=1S/C22H30N4O3S/c1-4-14-30(28,29)24-19-7-5-6-18(16-19)22(27)23-21-9-8-20(15-17(21)2)26-12-10-25(3)11-13-26/h5-9,15-16,24H,4,10-14H2,1-3H3,(H,23,27). The summed E-state index contributed by atoms with van der Waals surface area (Å²) in [5.74, 6) is -0.232. The van der Waals surface area contributed by atoms with Crippen molar-refractivity contribution in [3.8, 4) is 0 Å². The molecule has 1 amide bonds. The molecule has 162 valence electrons. The van der Waals surface area contributed by atoms with Gasteiger partial charge in [0.2, 0.25) is 10.0 Å². The first-order valence-corrected chi connectivity index (χ1v) is 11.9. The Labute approximate surface area is 179 Å². The molecule has 0 aromatic heterocycles. The number of piperazine rings is 1. The third-order valence-corrected chi connectivity index (χ3v) is 6.69. The number of carbonyl (C=O) groups is 1. The molecule has 0 spiro atoms. The molecule has 1 heterocycles. The second-order valence-corrected chi connectivity index (χ2v) is 9.59. The highest BCUT2D eigenvalue weighted by Crippen LogP contribution is 2.24. The van der Waals surface area contributed by atoms with E-state index < -0.39 is 10.0 Å². The lowest BCUT2D eigenvalue weighted by Crippen LogP contribution is -2.44. The van der Waals surface area contributed by atoms with E-state index in [0.29, 0.717) is 17.7 Å². The number of carbonyl (C=O) groups excluding carboxylic acids is 1. The lowest BCUT2D eigenvalue weighted by molar-refractivity contribution is 0.102. The van der Waals surface area contributed by atoms with Crippen molar-refractivity contribution in [2.45, 2.75) is 20.3 Å². The van der Waals surface area contributed by atoms with Gasteiger partial charge in [-0.05, 0) is 62.4 Å². The van der Waals surface area contributed by atoms with Gasteiger partial charge in [0.05, 0.1) is 5.75 Å². The normalized spacial score (nSPS) is 15.1. The monoisotopic (exact) mass is 430 g/mol. The molecule has 0 aliphatic carbocycles. The fourth-order valence-electron chi connectivity index (χ4n) is 3.47. The van der Waals surface area contributed by atoms with E-state index in [1.807, 2.05) is 19.1 Å². The Hall–Kier alpha value is -2.58. The molecule has 30 heavy (non-hydrogen) atoms. The molecule has 2 N–H and O–H groups in total. The van der Waals surface area contributed by atoms with Crippen molar-refractivity contribution in [2.24, 2.45) is 0 Å². The molecule has 8 heteroatoms. The average Bonchev–Trinajstić information content (AvgIpc) is 2.70. The van der Waals surface area contributed by atoms with E-state index in [9.17, 15) is 13.2 Å². The molecule has 0 bridgehead atoms. The third kappa shape index (κ3) is 5.73.